The van der Waals surface area contributed by atoms with Gasteiger partial charge in [-0.1, -0.05) is 0 Å². The number of esters is 1. The molecule has 4 unspecified atom stereocenters. The van der Waals surface area contributed by atoms with Gasteiger partial charge in [-0.25, -0.2) is 0 Å². The van der Waals surface area contributed by atoms with Crippen molar-refractivity contribution in [2.75, 3.05) is 13.2 Å². The average Bonchev–Trinajstić information content (AvgIpc) is 2.61. The highest BCUT2D eigenvalue weighted by Gasteiger charge is 2.49. The Hall–Kier alpha value is -0.930. The fourth-order valence-electron chi connectivity index (χ4n) is 2.68. The van der Waals surface area contributed by atoms with E-state index in [-0.39, 0.29) is 0 Å². The van der Waals surface area contributed by atoms with E-state index in [9.17, 15) is 35.4 Å². The van der Waals surface area contributed by atoms with Gasteiger partial charge in [-0.15, -0.1) is 0 Å². The number of aliphatic hydroxyl groups excluding tert-OH is 7. The molecular formula is C14H24O12. The van der Waals surface area contributed by atoms with Crippen LogP contribution in [-0.2, 0) is 23.7 Å². The van der Waals surface area contributed by atoms with Crippen LogP contribution in [-0.4, -0.2) is 116 Å². The van der Waals surface area contributed by atoms with Gasteiger partial charge < -0.3 is 54.7 Å². The summed E-state index contributed by atoms with van der Waals surface area (Å²) in [5.74, 6) is -0.659. The third-order valence-corrected chi connectivity index (χ3v) is 4.24. The van der Waals surface area contributed by atoms with E-state index in [4.69, 9.17) is 24.1 Å². The topological polar surface area (TPSA) is 196 Å². The highest BCUT2D eigenvalue weighted by Crippen LogP contribution is 2.28. The summed E-state index contributed by atoms with van der Waals surface area (Å²) in [5.41, 5.74) is 0. The van der Waals surface area contributed by atoms with Gasteiger partial charge in [0.05, 0.1) is 6.61 Å². The molecule has 2 fully saturated rings. The SMILES string of the molecule is CC(=O)OCC1O[C@H](O[C@H]2OC(CO)[C@@H](O)C(O)[C@H]2O)C(O)[C@@H](O)[C@@H]1O. The van der Waals surface area contributed by atoms with Crippen LogP contribution >= 0.6 is 0 Å². The molecule has 26 heavy (non-hydrogen) atoms. The van der Waals surface area contributed by atoms with Crippen LogP contribution in [0.25, 0.3) is 0 Å². The maximum atomic E-state index is 10.9. The zero-order chi connectivity index (χ0) is 19.6. The van der Waals surface area contributed by atoms with Gasteiger partial charge >= 0.3 is 5.97 Å². The molecule has 2 heterocycles. The first-order valence-corrected chi connectivity index (χ1v) is 7.96. The largest absolute Gasteiger partial charge is 0.463 e. The van der Waals surface area contributed by atoms with Crippen LogP contribution in [0.15, 0.2) is 0 Å². The fourth-order valence-corrected chi connectivity index (χ4v) is 2.68. The number of aliphatic hydroxyl groups is 7. The third kappa shape index (κ3) is 4.48. The molecule has 0 aliphatic carbocycles. The van der Waals surface area contributed by atoms with E-state index in [1.54, 1.807) is 0 Å². The van der Waals surface area contributed by atoms with E-state index in [1.807, 2.05) is 0 Å². The van der Waals surface area contributed by atoms with Crippen molar-refractivity contribution >= 4 is 5.97 Å². The second-order valence-electron chi connectivity index (χ2n) is 6.15. The van der Waals surface area contributed by atoms with Crippen molar-refractivity contribution in [3.05, 3.63) is 0 Å². The molecule has 2 aliphatic heterocycles. The molecule has 10 atom stereocenters. The molecule has 2 rings (SSSR count). The van der Waals surface area contributed by atoms with Gasteiger partial charge in [0.15, 0.2) is 12.6 Å². The van der Waals surface area contributed by atoms with Gasteiger partial charge in [0, 0.05) is 6.92 Å². The molecule has 0 saturated carbocycles. The zero-order valence-corrected chi connectivity index (χ0v) is 13.9. The van der Waals surface area contributed by atoms with E-state index in [1.165, 1.54) is 0 Å². The molecule has 7 N–H and O–H groups in total. The molecule has 0 aromatic heterocycles. The smallest absolute Gasteiger partial charge is 0.302 e. The minimum atomic E-state index is -1.76. The minimum Gasteiger partial charge on any atom is -0.463 e. The van der Waals surface area contributed by atoms with E-state index >= 15 is 0 Å². The number of ether oxygens (including phenoxy) is 4. The first-order valence-electron chi connectivity index (χ1n) is 7.96. The van der Waals surface area contributed by atoms with Gasteiger partial charge in [0.25, 0.3) is 0 Å². The Bertz CT molecular complexity index is 473. The molecule has 152 valence electrons. The number of hydrogen-bond donors (Lipinski definition) is 7. The van der Waals surface area contributed by atoms with Crippen molar-refractivity contribution < 1.29 is 59.5 Å². The maximum Gasteiger partial charge on any atom is 0.302 e. The lowest BCUT2D eigenvalue weighted by atomic mass is 9.98. The lowest BCUT2D eigenvalue weighted by Crippen LogP contribution is -2.63. The van der Waals surface area contributed by atoms with Crippen LogP contribution in [0.4, 0.5) is 0 Å². The number of carbonyl (C=O) groups is 1. The molecule has 12 nitrogen and oxygen atoms in total. The average molecular weight is 384 g/mol. The third-order valence-electron chi connectivity index (χ3n) is 4.24. The highest BCUT2D eigenvalue weighted by molar-refractivity contribution is 5.65. The molecule has 2 aliphatic rings. The summed E-state index contributed by atoms with van der Waals surface area (Å²) < 4.78 is 20.3. The summed E-state index contributed by atoms with van der Waals surface area (Å²) in [6.45, 7) is 0.00649. The summed E-state index contributed by atoms with van der Waals surface area (Å²) in [6.07, 6.45) is -15.9. The van der Waals surface area contributed by atoms with E-state index in [2.05, 4.69) is 0 Å². The Morgan fingerprint density at radius 2 is 1.27 bits per heavy atom. The molecule has 0 aromatic rings. The van der Waals surface area contributed by atoms with Gasteiger partial charge in [0.2, 0.25) is 0 Å². The molecule has 0 amide bonds. The monoisotopic (exact) mass is 384 g/mol. The molecule has 0 aromatic carbocycles. The Morgan fingerprint density at radius 1 is 0.808 bits per heavy atom. The van der Waals surface area contributed by atoms with Gasteiger partial charge in [-0.3, -0.25) is 4.79 Å². The van der Waals surface area contributed by atoms with E-state index in [0.717, 1.165) is 6.92 Å². The Balaban J connectivity index is 2.07. The van der Waals surface area contributed by atoms with Crippen molar-refractivity contribution in [3.63, 3.8) is 0 Å². The first kappa shape index (κ1) is 21.4. The highest BCUT2D eigenvalue weighted by atomic mass is 16.8. The van der Waals surface area contributed by atoms with Gasteiger partial charge in [-0.2, -0.15) is 0 Å². The standard InChI is InChI=1S/C14H24O12/c1-4(16)23-3-6-8(18)10(20)12(22)14(25-6)26-13-11(21)9(19)7(17)5(2-15)24-13/h5-15,17-22H,2-3H2,1H3/t5?,6?,7-,8-,9?,10+,11-,12?,13-,14-/m1/s1. The van der Waals surface area contributed by atoms with E-state index in [0.29, 0.717) is 0 Å². The predicted molar refractivity (Wildman–Crippen MR) is 78.2 cm³/mol. The van der Waals surface area contributed by atoms with Crippen LogP contribution in [0.1, 0.15) is 6.92 Å². The summed E-state index contributed by atoms with van der Waals surface area (Å²) in [7, 11) is 0. The molecule has 0 spiro atoms. The Labute approximate surface area is 148 Å². The normalized spacial score (nSPS) is 46.8. The molecule has 2 saturated heterocycles. The lowest BCUT2D eigenvalue weighted by molar-refractivity contribution is -0.376. The molecule has 0 bridgehead atoms. The first-order chi connectivity index (χ1) is 12.2. The quantitative estimate of drug-likeness (QED) is 0.224. The van der Waals surface area contributed by atoms with Gasteiger partial charge in [0.1, 0.15) is 55.4 Å². The van der Waals surface area contributed by atoms with Crippen LogP contribution in [0, 0.1) is 0 Å². The molecule has 12 heteroatoms. The van der Waals surface area contributed by atoms with Crippen molar-refractivity contribution in [1.82, 2.24) is 0 Å². The lowest BCUT2D eigenvalue weighted by Gasteiger charge is -2.44. The number of rotatable bonds is 5. The summed E-state index contributed by atoms with van der Waals surface area (Å²) in [6, 6.07) is 0. The Morgan fingerprint density at radius 3 is 1.73 bits per heavy atom. The van der Waals surface area contributed by atoms with E-state index < -0.39 is 80.6 Å². The van der Waals surface area contributed by atoms with Gasteiger partial charge in [-0.05, 0) is 0 Å². The van der Waals surface area contributed by atoms with Crippen LogP contribution in [0.2, 0.25) is 0 Å². The second kappa shape index (κ2) is 8.84. The minimum absolute atomic E-state index is 0.436. The van der Waals surface area contributed by atoms with Crippen molar-refractivity contribution in [2.45, 2.75) is 68.3 Å². The van der Waals surface area contributed by atoms with Crippen LogP contribution < -0.4 is 0 Å². The van der Waals surface area contributed by atoms with Crippen molar-refractivity contribution in [3.8, 4) is 0 Å². The fraction of sp³-hybridized carbons (Fsp3) is 0.929. The summed E-state index contributed by atoms with van der Waals surface area (Å²) >= 11 is 0. The molecular weight excluding hydrogens is 360 g/mol. The second-order valence-corrected chi connectivity index (χ2v) is 6.15. The van der Waals surface area contributed by atoms with Crippen molar-refractivity contribution in [2.24, 2.45) is 0 Å². The van der Waals surface area contributed by atoms with Crippen LogP contribution in [0.3, 0.4) is 0 Å². The van der Waals surface area contributed by atoms with Crippen LogP contribution in [0.5, 0.6) is 0 Å². The maximum absolute atomic E-state index is 10.9. The molecule has 0 radical (unpaired) electrons. The zero-order valence-electron chi connectivity index (χ0n) is 13.9. The summed E-state index contributed by atoms with van der Waals surface area (Å²) in [5, 5.41) is 68.3. The summed E-state index contributed by atoms with van der Waals surface area (Å²) in [4.78, 5) is 10.9. The predicted octanol–water partition coefficient (Wildman–Crippen LogP) is -4.83. The Kier molecular flexibility index (Phi) is 7.27. The number of carbonyl (C=O) groups excluding carboxylic acids is 1. The number of hydrogen-bond acceptors (Lipinski definition) is 12. The van der Waals surface area contributed by atoms with Crippen molar-refractivity contribution in [1.29, 1.82) is 0 Å².